The lowest BCUT2D eigenvalue weighted by Crippen LogP contribution is -2.35. The van der Waals surface area contributed by atoms with Crippen molar-refractivity contribution in [3.8, 4) is 11.5 Å². The van der Waals surface area contributed by atoms with E-state index in [-0.39, 0.29) is 0 Å². The van der Waals surface area contributed by atoms with Gasteiger partial charge < -0.3 is 9.15 Å². The van der Waals surface area contributed by atoms with Crippen molar-refractivity contribution in [3.63, 3.8) is 0 Å². The van der Waals surface area contributed by atoms with Gasteiger partial charge in [-0.3, -0.25) is 4.90 Å². The van der Waals surface area contributed by atoms with Crippen molar-refractivity contribution in [2.75, 3.05) is 26.3 Å². The predicted molar refractivity (Wildman–Crippen MR) is 70.8 cm³/mol. The number of aromatic nitrogens is 2. The van der Waals surface area contributed by atoms with Gasteiger partial charge in [-0.05, 0) is 12.1 Å². The first-order valence-corrected chi connectivity index (χ1v) is 6.58. The van der Waals surface area contributed by atoms with Crippen LogP contribution in [-0.2, 0) is 11.3 Å². The third-order valence-electron chi connectivity index (χ3n) is 3.03. The van der Waals surface area contributed by atoms with Crippen molar-refractivity contribution in [1.82, 2.24) is 15.1 Å². The van der Waals surface area contributed by atoms with Gasteiger partial charge in [-0.25, -0.2) is 0 Å². The molecule has 1 saturated heterocycles. The zero-order chi connectivity index (χ0) is 13.1. The van der Waals surface area contributed by atoms with Crippen molar-refractivity contribution in [2.24, 2.45) is 0 Å². The Morgan fingerprint density at radius 1 is 1.16 bits per heavy atom. The van der Waals surface area contributed by atoms with Crippen molar-refractivity contribution in [1.29, 1.82) is 0 Å². The molecule has 0 bridgehead atoms. The van der Waals surface area contributed by atoms with Crippen LogP contribution in [0.25, 0.3) is 11.5 Å². The van der Waals surface area contributed by atoms with Gasteiger partial charge in [-0.2, -0.15) is 0 Å². The first-order valence-electron chi connectivity index (χ1n) is 6.20. The molecule has 2 heterocycles. The normalized spacial score (nSPS) is 16.7. The predicted octanol–water partition coefficient (Wildman–Crippen LogP) is 2.22. The van der Waals surface area contributed by atoms with Crippen LogP contribution in [0.15, 0.2) is 28.7 Å². The Balaban J connectivity index is 1.74. The van der Waals surface area contributed by atoms with Gasteiger partial charge in [0, 0.05) is 13.1 Å². The molecule has 1 aliphatic heterocycles. The maximum atomic E-state index is 6.11. The molecule has 0 N–H and O–H groups in total. The number of rotatable bonds is 3. The van der Waals surface area contributed by atoms with Gasteiger partial charge in [0.2, 0.25) is 11.8 Å². The summed E-state index contributed by atoms with van der Waals surface area (Å²) >= 11 is 6.11. The van der Waals surface area contributed by atoms with Gasteiger partial charge in [-0.1, -0.05) is 23.7 Å². The second-order valence-electron chi connectivity index (χ2n) is 4.37. The van der Waals surface area contributed by atoms with Crippen molar-refractivity contribution >= 4 is 11.6 Å². The molecule has 0 unspecified atom stereocenters. The van der Waals surface area contributed by atoms with Gasteiger partial charge in [0.15, 0.2) is 0 Å². The lowest BCUT2D eigenvalue weighted by atomic mass is 10.2. The fraction of sp³-hybridized carbons (Fsp3) is 0.385. The van der Waals surface area contributed by atoms with Crippen LogP contribution in [-0.4, -0.2) is 41.4 Å². The average Bonchev–Trinajstić information content (AvgIpc) is 2.89. The number of nitrogens with zero attached hydrogens (tertiary/aromatic N) is 3. The SMILES string of the molecule is Clc1ccccc1-c1nnc(CN2CCOCC2)o1. The summed E-state index contributed by atoms with van der Waals surface area (Å²) < 4.78 is 11.0. The van der Waals surface area contributed by atoms with Crippen LogP contribution in [0.4, 0.5) is 0 Å². The number of hydrogen-bond acceptors (Lipinski definition) is 5. The Labute approximate surface area is 116 Å². The Kier molecular flexibility index (Phi) is 3.77. The van der Waals surface area contributed by atoms with Crippen molar-refractivity contribution < 1.29 is 9.15 Å². The van der Waals surface area contributed by atoms with E-state index >= 15 is 0 Å². The molecule has 3 rings (SSSR count). The van der Waals surface area contributed by atoms with Gasteiger partial charge >= 0.3 is 0 Å². The Bertz CT molecular complexity index is 552. The summed E-state index contributed by atoms with van der Waals surface area (Å²) in [5.74, 6) is 1.07. The van der Waals surface area contributed by atoms with Crippen LogP contribution in [0.2, 0.25) is 5.02 Å². The van der Waals surface area contributed by atoms with E-state index in [9.17, 15) is 0 Å². The summed E-state index contributed by atoms with van der Waals surface area (Å²) in [6.45, 7) is 3.95. The number of halogens is 1. The molecular formula is C13H14ClN3O2. The molecule has 0 atom stereocenters. The maximum absolute atomic E-state index is 6.11. The van der Waals surface area contributed by atoms with Crippen LogP contribution in [0.3, 0.4) is 0 Å². The lowest BCUT2D eigenvalue weighted by molar-refractivity contribution is 0.0306. The smallest absolute Gasteiger partial charge is 0.249 e. The third-order valence-corrected chi connectivity index (χ3v) is 3.36. The molecule has 1 aliphatic rings. The first kappa shape index (κ1) is 12.6. The van der Waals surface area contributed by atoms with E-state index in [1.54, 1.807) is 0 Å². The molecule has 0 amide bonds. The molecule has 0 radical (unpaired) electrons. The van der Waals surface area contributed by atoms with Gasteiger partial charge in [0.05, 0.1) is 30.3 Å². The molecule has 0 spiro atoms. The minimum Gasteiger partial charge on any atom is -0.419 e. The Morgan fingerprint density at radius 2 is 1.95 bits per heavy atom. The monoisotopic (exact) mass is 279 g/mol. The number of benzene rings is 1. The van der Waals surface area contributed by atoms with Crippen molar-refractivity contribution in [2.45, 2.75) is 6.54 Å². The molecule has 6 heteroatoms. The van der Waals surface area contributed by atoms with Gasteiger partial charge in [-0.15, -0.1) is 10.2 Å². The molecule has 1 fully saturated rings. The highest BCUT2D eigenvalue weighted by Crippen LogP contribution is 2.26. The molecular weight excluding hydrogens is 266 g/mol. The fourth-order valence-electron chi connectivity index (χ4n) is 2.01. The van der Waals surface area contributed by atoms with E-state index in [0.717, 1.165) is 31.9 Å². The van der Waals surface area contributed by atoms with E-state index < -0.39 is 0 Å². The summed E-state index contributed by atoms with van der Waals surface area (Å²) in [4.78, 5) is 2.23. The highest BCUT2D eigenvalue weighted by Gasteiger charge is 2.16. The largest absolute Gasteiger partial charge is 0.419 e. The third kappa shape index (κ3) is 2.94. The molecule has 100 valence electrons. The highest BCUT2D eigenvalue weighted by atomic mass is 35.5. The summed E-state index contributed by atoms with van der Waals surface area (Å²) in [5, 5.41) is 8.74. The van der Waals surface area contributed by atoms with Crippen LogP contribution < -0.4 is 0 Å². The van der Waals surface area contributed by atoms with E-state index in [1.807, 2.05) is 24.3 Å². The standard InChI is InChI=1S/C13H14ClN3O2/c14-11-4-2-1-3-10(11)13-16-15-12(19-13)9-17-5-7-18-8-6-17/h1-4H,5-9H2. The molecule has 19 heavy (non-hydrogen) atoms. The molecule has 5 nitrogen and oxygen atoms in total. The lowest BCUT2D eigenvalue weighted by Gasteiger charge is -2.24. The quantitative estimate of drug-likeness (QED) is 0.862. The van der Waals surface area contributed by atoms with Crippen molar-refractivity contribution in [3.05, 3.63) is 35.2 Å². The minimum absolute atomic E-state index is 0.467. The first-order chi connectivity index (χ1) is 9.33. The van der Waals surface area contributed by atoms with Gasteiger partial charge in [0.1, 0.15) is 0 Å². The number of ether oxygens (including phenoxy) is 1. The van der Waals surface area contributed by atoms with E-state index in [2.05, 4.69) is 15.1 Å². The summed E-state index contributed by atoms with van der Waals surface area (Å²) in [5.41, 5.74) is 0.768. The number of morpholine rings is 1. The van der Waals surface area contributed by atoms with Crippen LogP contribution in [0.1, 0.15) is 5.89 Å². The summed E-state index contributed by atoms with van der Waals surface area (Å²) in [6, 6.07) is 7.45. The van der Waals surface area contributed by atoms with E-state index in [1.165, 1.54) is 0 Å². The molecule has 1 aromatic carbocycles. The average molecular weight is 280 g/mol. The molecule has 0 saturated carbocycles. The molecule has 1 aromatic heterocycles. The Hall–Kier alpha value is -1.43. The zero-order valence-corrected chi connectivity index (χ0v) is 11.1. The molecule has 2 aromatic rings. The minimum atomic E-state index is 0.467. The summed E-state index contributed by atoms with van der Waals surface area (Å²) in [7, 11) is 0. The van der Waals surface area contributed by atoms with E-state index in [0.29, 0.717) is 23.3 Å². The summed E-state index contributed by atoms with van der Waals surface area (Å²) in [6.07, 6.45) is 0. The second kappa shape index (κ2) is 5.69. The highest BCUT2D eigenvalue weighted by molar-refractivity contribution is 6.33. The van der Waals surface area contributed by atoms with Crippen LogP contribution in [0, 0.1) is 0 Å². The van der Waals surface area contributed by atoms with Gasteiger partial charge in [0.25, 0.3) is 0 Å². The zero-order valence-electron chi connectivity index (χ0n) is 10.4. The fourth-order valence-corrected chi connectivity index (χ4v) is 2.23. The second-order valence-corrected chi connectivity index (χ2v) is 4.78. The maximum Gasteiger partial charge on any atom is 0.249 e. The van der Waals surface area contributed by atoms with Crippen LogP contribution >= 0.6 is 11.6 Å². The topological polar surface area (TPSA) is 51.4 Å². The molecule has 0 aliphatic carbocycles. The van der Waals surface area contributed by atoms with Crippen LogP contribution in [0.5, 0.6) is 0 Å². The van der Waals surface area contributed by atoms with E-state index in [4.69, 9.17) is 20.8 Å². The number of hydrogen-bond donors (Lipinski definition) is 0. The Morgan fingerprint density at radius 3 is 2.74 bits per heavy atom.